The van der Waals surface area contributed by atoms with Crippen molar-refractivity contribution in [3.8, 4) is 11.5 Å². The number of benzene rings is 4. The van der Waals surface area contributed by atoms with Gasteiger partial charge in [0.25, 0.3) is 17.5 Å². The number of hydrazone groups is 1. The maximum atomic E-state index is 13.2. The lowest BCUT2D eigenvalue weighted by Gasteiger charge is -2.13. The van der Waals surface area contributed by atoms with E-state index < -0.39 is 22.7 Å². The summed E-state index contributed by atoms with van der Waals surface area (Å²) in [6.45, 7) is 0. The van der Waals surface area contributed by atoms with E-state index in [1.165, 1.54) is 61.9 Å². The van der Waals surface area contributed by atoms with E-state index in [-0.39, 0.29) is 39.0 Å². The molecule has 2 amide bonds. The number of methoxy groups -OCH3 is 1. The van der Waals surface area contributed by atoms with Gasteiger partial charge in [-0.3, -0.25) is 19.7 Å². The number of hydrogen-bond donors (Lipinski definition) is 2. The van der Waals surface area contributed by atoms with Crippen LogP contribution < -0.4 is 25.1 Å². The van der Waals surface area contributed by atoms with E-state index in [9.17, 15) is 24.5 Å². The van der Waals surface area contributed by atoms with Crippen LogP contribution in [0.15, 0.2) is 102 Å². The minimum absolute atomic E-state index is 0.0780. The van der Waals surface area contributed by atoms with Crippen LogP contribution in [0.2, 0.25) is 5.02 Å². The molecule has 0 aromatic heterocycles. The van der Waals surface area contributed by atoms with Gasteiger partial charge < -0.3 is 19.7 Å². The summed E-state index contributed by atoms with van der Waals surface area (Å²) in [6.07, 6.45) is 2.85. The van der Waals surface area contributed by atoms with Gasteiger partial charge in [-0.25, -0.2) is 10.2 Å². The molecule has 2 N–H and O–H groups in total. The standard InChI is InChI=1S/C33H28ClN5O7/c1-38(2)24-13-8-21(9-14-24)18-28(36-31(40)26-6-4-5-7-27(26)34)32(41)37-35-20-22-10-17-29(30(19-22)45-3)46-33(42)23-11-15-25(16-12-23)39(43)44/h4-20H,1-3H3,(H,36,40)(H,37,41). The van der Waals surface area contributed by atoms with E-state index in [0.29, 0.717) is 11.1 Å². The molecule has 4 aromatic carbocycles. The number of non-ortho nitro benzene ring substituents is 1. The van der Waals surface area contributed by atoms with Crippen LogP contribution in [0.5, 0.6) is 11.5 Å². The van der Waals surface area contributed by atoms with E-state index in [1.807, 2.05) is 31.1 Å². The number of nitro groups is 1. The Morgan fingerprint density at radius 1 is 0.913 bits per heavy atom. The number of rotatable bonds is 11. The van der Waals surface area contributed by atoms with Gasteiger partial charge in [0.05, 0.1) is 34.4 Å². The van der Waals surface area contributed by atoms with Crippen molar-refractivity contribution in [2.24, 2.45) is 5.10 Å². The molecule has 0 bridgehead atoms. The lowest BCUT2D eigenvalue weighted by atomic mass is 10.1. The van der Waals surface area contributed by atoms with Crippen molar-refractivity contribution in [3.63, 3.8) is 0 Å². The van der Waals surface area contributed by atoms with E-state index in [1.54, 1.807) is 36.4 Å². The molecule has 0 spiro atoms. The average Bonchev–Trinajstić information content (AvgIpc) is 3.05. The minimum Gasteiger partial charge on any atom is -0.493 e. The number of anilines is 1. The van der Waals surface area contributed by atoms with E-state index >= 15 is 0 Å². The molecule has 0 saturated heterocycles. The summed E-state index contributed by atoms with van der Waals surface area (Å²) in [5.74, 6) is -1.73. The molecule has 0 saturated carbocycles. The first-order valence-corrected chi connectivity index (χ1v) is 14.0. The predicted molar refractivity (Wildman–Crippen MR) is 174 cm³/mol. The number of ether oxygens (including phenoxy) is 2. The number of halogens is 1. The van der Waals surface area contributed by atoms with Gasteiger partial charge in [-0.1, -0.05) is 35.9 Å². The van der Waals surface area contributed by atoms with Crippen LogP contribution in [-0.2, 0) is 4.79 Å². The zero-order valence-corrected chi connectivity index (χ0v) is 25.6. The molecular weight excluding hydrogens is 614 g/mol. The van der Waals surface area contributed by atoms with Crippen molar-refractivity contribution in [1.82, 2.24) is 10.7 Å². The molecule has 0 aliphatic heterocycles. The molecule has 4 aromatic rings. The highest BCUT2D eigenvalue weighted by Crippen LogP contribution is 2.28. The van der Waals surface area contributed by atoms with Crippen LogP contribution in [-0.4, -0.2) is 50.1 Å². The third-order valence-electron chi connectivity index (χ3n) is 6.42. The summed E-state index contributed by atoms with van der Waals surface area (Å²) in [4.78, 5) is 50.9. The molecule has 0 radical (unpaired) electrons. The molecule has 0 aliphatic rings. The summed E-state index contributed by atoms with van der Waals surface area (Å²) in [5, 5.41) is 17.7. The predicted octanol–water partition coefficient (Wildman–Crippen LogP) is 5.46. The lowest BCUT2D eigenvalue weighted by molar-refractivity contribution is -0.384. The monoisotopic (exact) mass is 641 g/mol. The van der Waals surface area contributed by atoms with Gasteiger partial charge in [-0.15, -0.1) is 0 Å². The highest BCUT2D eigenvalue weighted by atomic mass is 35.5. The van der Waals surface area contributed by atoms with E-state index in [2.05, 4.69) is 15.8 Å². The Balaban J connectivity index is 1.49. The maximum Gasteiger partial charge on any atom is 0.343 e. The summed E-state index contributed by atoms with van der Waals surface area (Å²) in [5.41, 5.74) is 4.56. The molecular formula is C33H28ClN5O7. The van der Waals surface area contributed by atoms with E-state index in [0.717, 1.165) is 5.69 Å². The molecule has 0 fully saturated rings. The quantitative estimate of drug-likeness (QED) is 0.0547. The second-order valence-electron chi connectivity index (χ2n) is 9.78. The molecule has 0 atom stereocenters. The summed E-state index contributed by atoms with van der Waals surface area (Å²) in [7, 11) is 5.19. The van der Waals surface area contributed by atoms with Gasteiger partial charge in [0.2, 0.25) is 0 Å². The number of hydrogen-bond acceptors (Lipinski definition) is 9. The molecule has 12 nitrogen and oxygen atoms in total. The van der Waals surface area contributed by atoms with Crippen molar-refractivity contribution in [3.05, 3.63) is 134 Å². The number of nitrogens with one attached hydrogen (secondary N) is 2. The van der Waals surface area contributed by atoms with Crippen LogP contribution in [0, 0.1) is 10.1 Å². The Morgan fingerprint density at radius 2 is 1.59 bits per heavy atom. The third kappa shape index (κ3) is 8.55. The Hall–Kier alpha value is -6.01. The van der Waals surface area contributed by atoms with Gasteiger partial charge in [0.1, 0.15) is 5.70 Å². The average molecular weight is 642 g/mol. The van der Waals surface area contributed by atoms with Gasteiger partial charge in [-0.05, 0) is 71.8 Å². The van der Waals surface area contributed by atoms with Gasteiger partial charge >= 0.3 is 5.97 Å². The summed E-state index contributed by atoms with van der Waals surface area (Å²) < 4.78 is 10.7. The van der Waals surface area contributed by atoms with Crippen LogP contribution in [0.1, 0.15) is 31.8 Å². The Kier molecular flexibility index (Phi) is 10.8. The Bertz CT molecular complexity index is 1820. The zero-order valence-electron chi connectivity index (χ0n) is 24.9. The topological polar surface area (TPSA) is 152 Å². The van der Waals surface area contributed by atoms with Crippen LogP contribution in [0.25, 0.3) is 6.08 Å². The summed E-state index contributed by atoms with van der Waals surface area (Å²) >= 11 is 6.18. The van der Waals surface area contributed by atoms with Crippen molar-refractivity contribution < 1.29 is 28.8 Å². The molecule has 0 aliphatic carbocycles. The molecule has 234 valence electrons. The second kappa shape index (κ2) is 15.1. The van der Waals surface area contributed by atoms with Gasteiger partial charge in [0, 0.05) is 31.9 Å². The van der Waals surface area contributed by atoms with Crippen LogP contribution >= 0.6 is 11.6 Å². The van der Waals surface area contributed by atoms with Crippen molar-refractivity contribution in [2.45, 2.75) is 0 Å². The molecule has 13 heteroatoms. The first kappa shape index (κ1) is 32.9. The number of nitrogens with zero attached hydrogens (tertiary/aromatic N) is 3. The minimum atomic E-state index is -0.739. The number of carbonyl (C=O) groups is 3. The Labute approximate surface area is 269 Å². The fourth-order valence-electron chi connectivity index (χ4n) is 3.98. The Morgan fingerprint density at radius 3 is 2.22 bits per heavy atom. The molecule has 0 unspecified atom stereocenters. The first-order chi connectivity index (χ1) is 22.0. The highest BCUT2D eigenvalue weighted by molar-refractivity contribution is 6.34. The zero-order chi connectivity index (χ0) is 33.2. The molecule has 0 heterocycles. The first-order valence-electron chi connectivity index (χ1n) is 13.6. The highest BCUT2D eigenvalue weighted by Gasteiger charge is 2.17. The maximum absolute atomic E-state index is 13.2. The van der Waals surface area contributed by atoms with Gasteiger partial charge in [-0.2, -0.15) is 5.10 Å². The largest absolute Gasteiger partial charge is 0.493 e. The van der Waals surface area contributed by atoms with Crippen molar-refractivity contribution in [1.29, 1.82) is 0 Å². The molecule has 4 rings (SSSR count). The summed E-state index contributed by atoms with van der Waals surface area (Å²) in [6, 6.07) is 23.3. The SMILES string of the molecule is COc1cc(C=NNC(=O)C(=Cc2ccc(N(C)C)cc2)NC(=O)c2ccccc2Cl)ccc1OC(=O)c1ccc([N+](=O)[O-])cc1. The number of nitro benzene ring substituents is 1. The lowest BCUT2D eigenvalue weighted by Crippen LogP contribution is -2.33. The fraction of sp³-hybridized carbons (Fsp3) is 0.0909. The smallest absolute Gasteiger partial charge is 0.343 e. The van der Waals surface area contributed by atoms with Crippen LogP contribution in [0.4, 0.5) is 11.4 Å². The van der Waals surface area contributed by atoms with Gasteiger partial charge in [0.15, 0.2) is 11.5 Å². The fourth-order valence-corrected chi connectivity index (χ4v) is 4.20. The van der Waals surface area contributed by atoms with Crippen LogP contribution in [0.3, 0.4) is 0 Å². The normalized spacial score (nSPS) is 11.1. The van der Waals surface area contributed by atoms with Crippen molar-refractivity contribution in [2.75, 3.05) is 26.1 Å². The number of esters is 1. The third-order valence-corrected chi connectivity index (χ3v) is 6.75. The van der Waals surface area contributed by atoms with Crippen molar-refractivity contribution >= 4 is 53.0 Å². The molecule has 46 heavy (non-hydrogen) atoms. The second-order valence-corrected chi connectivity index (χ2v) is 10.2. The number of amides is 2. The number of carbonyl (C=O) groups excluding carboxylic acids is 3. The van der Waals surface area contributed by atoms with E-state index in [4.69, 9.17) is 21.1 Å².